The van der Waals surface area contributed by atoms with E-state index in [0.717, 1.165) is 12.8 Å². The fourth-order valence-electron chi connectivity index (χ4n) is 3.77. The highest BCUT2D eigenvalue weighted by Gasteiger charge is 2.45. The van der Waals surface area contributed by atoms with Gasteiger partial charge < -0.3 is 14.9 Å². The summed E-state index contributed by atoms with van der Waals surface area (Å²) in [4.78, 5) is 0. The summed E-state index contributed by atoms with van der Waals surface area (Å²) in [6.07, 6.45) is 12.1. The van der Waals surface area contributed by atoms with Crippen molar-refractivity contribution in [3.63, 3.8) is 0 Å². The minimum absolute atomic E-state index is 0.328. The topological polar surface area (TPSA) is 49.7 Å². The van der Waals surface area contributed by atoms with Gasteiger partial charge in [0, 0.05) is 25.7 Å². The van der Waals surface area contributed by atoms with Crippen LogP contribution < -0.4 is 0 Å². The molecule has 2 heterocycles. The lowest BCUT2D eigenvalue weighted by Crippen LogP contribution is -2.51. The summed E-state index contributed by atoms with van der Waals surface area (Å²) in [7, 11) is 0. The van der Waals surface area contributed by atoms with E-state index in [1.165, 1.54) is 38.5 Å². The Kier molecular flexibility index (Phi) is 5.27. The lowest BCUT2D eigenvalue weighted by molar-refractivity contribution is -0.369. The van der Waals surface area contributed by atoms with Gasteiger partial charge in [-0.3, -0.25) is 0 Å². The number of hydrogen-bond acceptors (Lipinski definition) is 3. The van der Waals surface area contributed by atoms with Gasteiger partial charge in [0.05, 0.1) is 0 Å². The number of hydrogen-bond donors (Lipinski definition) is 2. The maximum Gasteiger partial charge on any atom is 0.169 e. The molecule has 0 aromatic carbocycles. The second-order valence-electron chi connectivity index (χ2n) is 6.84. The minimum Gasteiger partial charge on any atom is -0.365 e. The molecule has 0 aliphatic carbocycles. The molecule has 112 valence electrons. The largest absolute Gasteiger partial charge is 0.365 e. The second kappa shape index (κ2) is 6.55. The molecule has 19 heavy (non-hydrogen) atoms. The first-order chi connectivity index (χ1) is 9.02. The third-order valence-electron chi connectivity index (χ3n) is 4.60. The maximum atomic E-state index is 10.6. The Morgan fingerprint density at radius 2 is 1.11 bits per heavy atom. The first-order valence-electron chi connectivity index (χ1n) is 8.16. The standard InChI is InChI=1S/C16H30O3/c1-14-12-15(17)10-8-6-4-2-3-5-7-9-11-16(18,13-14)19-15/h14,17-18H,2-13H2,1H3. The van der Waals surface area contributed by atoms with Gasteiger partial charge in [0.25, 0.3) is 0 Å². The zero-order chi connectivity index (χ0) is 13.8. The zero-order valence-corrected chi connectivity index (χ0v) is 12.4. The summed E-state index contributed by atoms with van der Waals surface area (Å²) in [5.74, 6) is -1.87. The van der Waals surface area contributed by atoms with Crippen LogP contribution in [0.2, 0.25) is 0 Å². The van der Waals surface area contributed by atoms with Crippen LogP contribution >= 0.6 is 0 Å². The zero-order valence-electron chi connectivity index (χ0n) is 12.4. The number of aliphatic hydroxyl groups is 2. The smallest absolute Gasteiger partial charge is 0.169 e. The lowest BCUT2D eigenvalue weighted by Gasteiger charge is -2.45. The van der Waals surface area contributed by atoms with Crippen molar-refractivity contribution < 1.29 is 14.9 Å². The Morgan fingerprint density at radius 1 is 0.737 bits per heavy atom. The fourth-order valence-corrected chi connectivity index (χ4v) is 3.77. The SMILES string of the molecule is CC1CC2(O)CCCCCCCCCCC(O)(C1)O2. The highest BCUT2D eigenvalue weighted by molar-refractivity contribution is 4.85. The van der Waals surface area contributed by atoms with E-state index in [-0.39, 0.29) is 0 Å². The average molecular weight is 270 g/mol. The van der Waals surface area contributed by atoms with Crippen LogP contribution in [0.15, 0.2) is 0 Å². The third kappa shape index (κ3) is 4.73. The summed E-state index contributed by atoms with van der Waals surface area (Å²) in [6.45, 7) is 2.11. The van der Waals surface area contributed by atoms with Crippen LogP contribution in [0.1, 0.15) is 84.0 Å². The van der Waals surface area contributed by atoms with Crippen molar-refractivity contribution in [2.75, 3.05) is 0 Å². The molecule has 0 aromatic heterocycles. The van der Waals surface area contributed by atoms with Gasteiger partial charge in [0.15, 0.2) is 11.6 Å². The van der Waals surface area contributed by atoms with Gasteiger partial charge >= 0.3 is 0 Å². The Balaban J connectivity index is 2.01. The molecular formula is C16H30O3. The van der Waals surface area contributed by atoms with Crippen molar-refractivity contribution in [1.82, 2.24) is 0 Å². The van der Waals surface area contributed by atoms with E-state index in [0.29, 0.717) is 31.6 Å². The molecule has 2 N–H and O–H groups in total. The predicted octanol–water partition coefficient (Wildman–Crippen LogP) is 3.72. The number of rotatable bonds is 0. The van der Waals surface area contributed by atoms with Crippen LogP contribution in [0.4, 0.5) is 0 Å². The van der Waals surface area contributed by atoms with Crippen LogP contribution in [-0.4, -0.2) is 21.8 Å². The van der Waals surface area contributed by atoms with Gasteiger partial charge in [-0.1, -0.05) is 45.4 Å². The van der Waals surface area contributed by atoms with Gasteiger partial charge in [-0.05, 0) is 18.8 Å². The summed E-state index contributed by atoms with van der Waals surface area (Å²) < 4.78 is 5.76. The second-order valence-corrected chi connectivity index (χ2v) is 6.84. The summed E-state index contributed by atoms with van der Waals surface area (Å²) in [5.41, 5.74) is 0. The van der Waals surface area contributed by atoms with Gasteiger partial charge in [-0.15, -0.1) is 0 Å². The monoisotopic (exact) mass is 270 g/mol. The van der Waals surface area contributed by atoms with E-state index in [2.05, 4.69) is 6.92 Å². The fraction of sp³-hybridized carbons (Fsp3) is 1.00. The molecule has 2 rings (SSSR count). The maximum absolute atomic E-state index is 10.6. The molecule has 2 fully saturated rings. The van der Waals surface area contributed by atoms with Crippen LogP contribution in [0.3, 0.4) is 0 Å². The van der Waals surface area contributed by atoms with E-state index in [4.69, 9.17) is 4.74 Å². The number of ether oxygens (including phenoxy) is 1. The Hall–Kier alpha value is -0.120. The van der Waals surface area contributed by atoms with E-state index < -0.39 is 11.6 Å². The van der Waals surface area contributed by atoms with Crippen LogP contribution in [0.25, 0.3) is 0 Å². The number of fused-ring (bicyclic) bond motifs is 2. The van der Waals surface area contributed by atoms with Crippen molar-refractivity contribution in [2.45, 2.75) is 95.5 Å². The van der Waals surface area contributed by atoms with Crippen molar-refractivity contribution in [3.8, 4) is 0 Å². The van der Waals surface area contributed by atoms with Crippen LogP contribution in [0, 0.1) is 5.92 Å². The Labute approximate surface area is 117 Å². The molecule has 0 spiro atoms. The average Bonchev–Trinajstić information content (AvgIpc) is 2.29. The van der Waals surface area contributed by atoms with Gasteiger partial charge in [0.2, 0.25) is 0 Å². The van der Waals surface area contributed by atoms with Crippen molar-refractivity contribution in [2.24, 2.45) is 5.92 Å². The van der Waals surface area contributed by atoms with Gasteiger partial charge in [0.1, 0.15) is 0 Å². The molecule has 2 aliphatic heterocycles. The van der Waals surface area contributed by atoms with Crippen molar-refractivity contribution >= 4 is 0 Å². The van der Waals surface area contributed by atoms with Crippen LogP contribution in [0.5, 0.6) is 0 Å². The quantitative estimate of drug-likeness (QED) is 0.705. The molecule has 0 radical (unpaired) electrons. The molecule has 2 saturated heterocycles. The molecule has 3 nitrogen and oxygen atoms in total. The molecule has 2 bridgehead atoms. The minimum atomic E-state index is -1.10. The summed E-state index contributed by atoms with van der Waals surface area (Å²) in [5, 5.41) is 21.2. The Morgan fingerprint density at radius 3 is 1.53 bits per heavy atom. The van der Waals surface area contributed by atoms with Crippen molar-refractivity contribution in [1.29, 1.82) is 0 Å². The van der Waals surface area contributed by atoms with Gasteiger partial charge in [-0.25, -0.2) is 0 Å². The molecule has 2 atom stereocenters. The molecule has 3 heteroatoms. The van der Waals surface area contributed by atoms with Crippen LogP contribution in [-0.2, 0) is 4.74 Å². The molecule has 0 saturated carbocycles. The lowest BCUT2D eigenvalue weighted by atomic mass is 9.85. The first kappa shape index (κ1) is 15.3. The first-order valence-corrected chi connectivity index (χ1v) is 8.16. The molecule has 2 unspecified atom stereocenters. The highest BCUT2D eigenvalue weighted by atomic mass is 16.7. The highest BCUT2D eigenvalue weighted by Crippen LogP contribution is 2.41. The van der Waals surface area contributed by atoms with E-state index in [9.17, 15) is 10.2 Å². The molecular weight excluding hydrogens is 240 g/mol. The van der Waals surface area contributed by atoms with E-state index in [1.807, 2.05) is 0 Å². The normalized spacial score (nSPS) is 42.8. The van der Waals surface area contributed by atoms with Gasteiger partial charge in [-0.2, -0.15) is 0 Å². The molecule has 0 aromatic rings. The molecule has 2 aliphatic rings. The molecule has 0 amide bonds. The Bertz CT molecular complexity index is 255. The third-order valence-corrected chi connectivity index (χ3v) is 4.60. The van der Waals surface area contributed by atoms with E-state index in [1.54, 1.807) is 0 Å². The summed E-state index contributed by atoms with van der Waals surface area (Å²) >= 11 is 0. The van der Waals surface area contributed by atoms with Crippen molar-refractivity contribution in [3.05, 3.63) is 0 Å². The predicted molar refractivity (Wildman–Crippen MR) is 75.6 cm³/mol. The van der Waals surface area contributed by atoms with E-state index >= 15 is 0 Å². The summed E-state index contributed by atoms with van der Waals surface area (Å²) in [6, 6.07) is 0.